The van der Waals surface area contributed by atoms with E-state index in [0.29, 0.717) is 4.99 Å². The molecule has 2 aromatic carbocycles. The van der Waals surface area contributed by atoms with Crippen LogP contribution in [0.5, 0.6) is 0 Å². The van der Waals surface area contributed by atoms with Gasteiger partial charge in [-0.25, -0.2) is 0 Å². The van der Waals surface area contributed by atoms with Crippen LogP contribution >= 0.6 is 12.2 Å². The highest BCUT2D eigenvalue weighted by Crippen LogP contribution is 2.15. The summed E-state index contributed by atoms with van der Waals surface area (Å²) in [6.45, 7) is 5.06. The third kappa shape index (κ3) is 3.81. The van der Waals surface area contributed by atoms with Gasteiger partial charge in [0.15, 0.2) is 0 Å². The number of benzene rings is 2. The van der Waals surface area contributed by atoms with Crippen LogP contribution in [-0.2, 0) is 6.42 Å². The zero-order valence-corrected chi connectivity index (χ0v) is 12.8. The molecule has 0 saturated heterocycles. The van der Waals surface area contributed by atoms with Crippen LogP contribution in [0.4, 0.5) is 5.69 Å². The van der Waals surface area contributed by atoms with Gasteiger partial charge in [0.1, 0.15) is 4.99 Å². The number of nitrogens with two attached hydrogens (primary N) is 1. The summed E-state index contributed by atoms with van der Waals surface area (Å²) in [6.07, 6.45) is 1.01. The van der Waals surface area contributed by atoms with E-state index in [1.807, 2.05) is 19.1 Å². The van der Waals surface area contributed by atoms with Crippen molar-refractivity contribution in [3.05, 3.63) is 64.7 Å². The average molecular weight is 284 g/mol. The van der Waals surface area contributed by atoms with E-state index in [2.05, 4.69) is 42.6 Å². The summed E-state index contributed by atoms with van der Waals surface area (Å²) in [5.74, 6) is 0. The van der Waals surface area contributed by atoms with Crippen LogP contribution in [-0.4, -0.2) is 11.5 Å². The van der Waals surface area contributed by atoms with Crippen molar-refractivity contribution in [2.24, 2.45) is 5.73 Å². The van der Waals surface area contributed by atoms with Crippen LogP contribution in [0, 0.1) is 13.8 Å². The summed E-state index contributed by atoms with van der Waals surface area (Å²) in [5, 5.41) is 3.44. The summed E-state index contributed by atoms with van der Waals surface area (Å²) in [4.78, 5) is 0.453. The standard InChI is InChI=1S/C17H20N2S/c1-12-4-3-5-14(10-12)8-9-19-15-6-7-16(17(18)20)13(2)11-15/h3-7,10-11,19H,8-9H2,1-2H3,(H2,18,20). The first-order chi connectivity index (χ1) is 9.56. The van der Waals surface area contributed by atoms with Crippen molar-refractivity contribution in [2.75, 3.05) is 11.9 Å². The highest BCUT2D eigenvalue weighted by Gasteiger charge is 2.02. The molecule has 0 unspecified atom stereocenters. The van der Waals surface area contributed by atoms with Crippen molar-refractivity contribution in [1.29, 1.82) is 0 Å². The average Bonchev–Trinajstić information content (AvgIpc) is 2.38. The molecule has 0 aliphatic rings. The van der Waals surface area contributed by atoms with Gasteiger partial charge in [0.2, 0.25) is 0 Å². The molecule has 2 rings (SSSR count). The van der Waals surface area contributed by atoms with Gasteiger partial charge < -0.3 is 11.1 Å². The molecule has 0 saturated carbocycles. The van der Waals surface area contributed by atoms with E-state index >= 15 is 0 Å². The molecule has 0 atom stereocenters. The Balaban J connectivity index is 1.94. The van der Waals surface area contributed by atoms with Gasteiger partial charge in [-0.05, 0) is 49.6 Å². The molecule has 0 aliphatic carbocycles. The predicted octanol–water partition coefficient (Wildman–Crippen LogP) is 3.59. The Labute approximate surface area is 126 Å². The molecule has 0 aromatic heterocycles. The maximum Gasteiger partial charge on any atom is 0.104 e. The first-order valence-corrected chi connectivity index (χ1v) is 7.17. The highest BCUT2D eigenvalue weighted by molar-refractivity contribution is 7.80. The van der Waals surface area contributed by atoms with E-state index in [9.17, 15) is 0 Å². The quantitative estimate of drug-likeness (QED) is 0.824. The van der Waals surface area contributed by atoms with Crippen LogP contribution in [0.3, 0.4) is 0 Å². The van der Waals surface area contributed by atoms with E-state index < -0.39 is 0 Å². The number of aryl methyl sites for hydroxylation is 2. The van der Waals surface area contributed by atoms with E-state index in [1.165, 1.54) is 11.1 Å². The van der Waals surface area contributed by atoms with Crippen molar-refractivity contribution in [1.82, 2.24) is 0 Å². The molecule has 3 heteroatoms. The molecule has 3 N–H and O–H groups in total. The monoisotopic (exact) mass is 284 g/mol. The number of nitrogens with one attached hydrogen (secondary N) is 1. The van der Waals surface area contributed by atoms with Gasteiger partial charge in [-0.3, -0.25) is 0 Å². The van der Waals surface area contributed by atoms with Crippen molar-refractivity contribution < 1.29 is 0 Å². The van der Waals surface area contributed by atoms with Gasteiger partial charge in [0.05, 0.1) is 0 Å². The van der Waals surface area contributed by atoms with E-state index in [4.69, 9.17) is 18.0 Å². The van der Waals surface area contributed by atoms with Gasteiger partial charge in [-0.15, -0.1) is 0 Å². The first kappa shape index (κ1) is 14.5. The minimum atomic E-state index is 0.453. The topological polar surface area (TPSA) is 38.0 Å². The van der Waals surface area contributed by atoms with Gasteiger partial charge in [-0.2, -0.15) is 0 Å². The molecule has 0 fully saturated rings. The van der Waals surface area contributed by atoms with Crippen LogP contribution in [0.25, 0.3) is 0 Å². The Morgan fingerprint density at radius 2 is 1.95 bits per heavy atom. The normalized spacial score (nSPS) is 10.3. The summed E-state index contributed by atoms with van der Waals surface area (Å²) in [6, 6.07) is 14.7. The number of hydrogen-bond donors (Lipinski definition) is 2. The van der Waals surface area contributed by atoms with Crippen molar-refractivity contribution >= 4 is 22.9 Å². The molecular formula is C17H20N2S. The minimum Gasteiger partial charge on any atom is -0.389 e. The molecule has 0 bridgehead atoms. The molecule has 2 nitrogen and oxygen atoms in total. The third-order valence-electron chi connectivity index (χ3n) is 3.32. The summed E-state index contributed by atoms with van der Waals surface area (Å²) >= 11 is 5.01. The van der Waals surface area contributed by atoms with Crippen molar-refractivity contribution in [3.63, 3.8) is 0 Å². The molecule has 0 aliphatic heterocycles. The molecular weight excluding hydrogens is 264 g/mol. The molecule has 0 amide bonds. The number of anilines is 1. The lowest BCUT2D eigenvalue weighted by atomic mass is 10.1. The maximum absolute atomic E-state index is 5.67. The second-order valence-corrected chi connectivity index (χ2v) is 5.50. The number of rotatable bonds is 5. The smallest absolute Gasteiger partial charge is 0.104 e. The van der Waals surface area contributed by atoms with Gasteiger partial charge >= 0.3 is 0 Å². The van der Waals surface area contributed by atoms with E-state index in [1.54, 1.807) is 0 Å². The lowest BCUT2D eigenvalue weighted by Crippen LogP contribution is -2.12. The zero-order chi connectivity index (χ0) is 14.5. The molecule has 0 spiro atoms. The fourth-order valence-electron chi connectivity index (χ4n) is 2.27. The second-order valence-electron chi connectivity index (χ2n) is 5.06. The summed E-state index contributed by atoms with van der Waals surface area (Å²) < 4.78 is 0. The molecule has 0 heterocycles. The van der Waals surface area contributed by atoms with Crippen LogP contribution in [0.1, 0.15) is 22.3 Å². The molecule has 2 aromatic rings. The minimum absolute atomic E-state index is 0.453. The Bertz CT molecular complexity index is 620. The Hall–Kier alpha value is -1.87. The fourth-order valence-corrected chi connectivity index (χ4v) is 2.50. The maximum atomic E-state index is 5.67. The lowest BCUT2D eigenvalue weighted by Gasteiger charge is -2.10. The van der Waals surface area contributed by atoms with Crippen molar-refractivity contribution in [3.8, 4) is 0 Å². The Kier molecular flexibility index (Phi) is 4.74. The Morgan fingerprint density at radius 3 is 2.60 bits per heavy atom. The predicted molar refractivity (Wildman–Crippen MR) is 90.4 cm³/mol. The zero-order valence-electron chi connectivity index (χ0n) is 11.9. The number of hydrogen-bond acceptors (Lipinski definition) is 2. The second kappa shape index (κ2) is 6.53. The largest absolute Gasteiger partial charge is 0.389 e. The lowest BCUT2D eigenvalue weighted by molar-refractivity contribution is 1.02. The van der Waals surface area contributed by atoms with Gasteiger partial charge in [-0.1, -0.05) is 42.0 Å². The van der Waals surface area contributed by atoms with E-state index in [-0.39, 0.29) is 0 Å². The van der Waals surface area contributed by atoms with Gasteiger partial charge in [0.25, 0.3) is 0 Å². The fraction of sp³-hybridized carbons (Fsp3) is 0.235. The van der Waals surface area contributed by atoms with Crippen LogP contribution in [0.15, 0.2) is 42.5 Å². The molecule has 20 heavy (non-hydrogen) atoms. The summed E-state index contributed by atoms with van der Waals surface area (Å²) in [7, 11) is 0. The Morgan fingerprint density at radius 1 is 1.15 bits per heavy atom. The van der Waals surface area contributed by atoms with Crippen LogP contribution in [0.2, 0.25) is 0 Å². The van der Waals surface area contributed by atoms with E-state index in [0.717, 1.165) is 29.8 Å². The number of thiocarbonyl (C=S) groups is 1. The highest BCUT2D eigenvalue weighted by atomic mass is 32.1. The molecule has 0 radical (unpaired) electrons. The third-order valence-corrected chi connectivity index (χ3v) is 3.54. The summed E-state index contributed by atoms with van der Waals surface area (Å²) in [5.41, 5.74) is 11.5. The SMILES string of the molecule is Cc1cccc(CCNc2ccc(C(N)=S)c(C)c2)c1. The molecule has 104 valence electrons. The van der Waals surface area contributed by atoms with Gasteiger partial charge in [0, 0.05) is 17.8 Å². The van der Waals surface area contributed by atoms with Crippen LogP contribution < -0.4 is 11.1 Å². The first-order valence-electron chi connectivity index (χ1n) is 6.76. The van der Waals surface area contributed by atoms with Crippen molar-refractivity contribution in [2.45, 2.75) is 20.3 Å².